The van der Waals surface area contributed by atoms with Crippen LogP contribution in [0.15, 0.2) is 48.7 Å². The monoisotopic (exact) mass is 427 g/mol. The molecule has 0 unspecified atom stereocenters. The zero-order chi connectivity index (χ0) is 20.5. The lowest BCUT2D eigenvalue weighted by Crippen LogP contribution is -2.23. The smallest absolute Gasteiger partial charge is 0.337 e. The average molecular weight is 428 g/mol. The summed E-state index contributed by atoms with van der Waals surface area (Å²) in [6.45, 7) is 1.80. The van der Waals surface area contributed by atoms with Gasteiger partial charge in [0, 0.05) is 40.3 Å². The van der Waals surface area contributed by atoms with Crippen molar-refractivity contribution in [3.63, 3.8) is 0 Å². The molecule has 29 heavy (non-hydrogen) atoms. The number of hydrogen-bond acceptors (Lipinski definition) is 4. The molecule has 1 aliphatic heterocycles. The molecule has 1 aromatic heterocycles. The first-order valence-corrected chi connectivity index (χ1v) is 9.94. The lowest BCUT2D eigenvalue weighted by molar-refractivity contribution is 0.0698. The van der Waals surface area contributed by atoms with Gasteiger partial charge in [0.05, 0.1) is 22.5 Å². The Morgan fingerprint density at radius 3 is 2.66 bits per heavy atom. The fourth-order valence-electron chi connectivity index (χ4n) is 3.50. The second-order valence-electron chi connectivity index (χ2n) is 7.07. The number of carbonyl (C=O) groups is 1. The number of nitrogens with one attached hydrogen (secondary N) is 1. The zero-order valence-corrected chi connectivity index (χ0v) is 17.3. The number of nitrogens with zero attached hydrogens (tertiary/aromatic N) is 2. The van der Waals surface area contributed by atoms with Crippen molar-refractivity contribution in [3.8, 4) is 0 Å². The van der Waals surface area contributed by atoms with Crippen LogP contribution in [-0.4, -0.2) is 41.1 Å². The first-order chi connectivity index (χ1) is 13.9. The summed E-state index contributed by atoms with van der Waals surface area (Å²) in [5.74, 6) is -1.05. The number of rotatable bonds is 4. The van der Waals surface area contributed by atoms with E-state index in [0.717, 1.165) is 41.7 Å². The van der Waals surface area contributed by atoms with E-state index < -0.39 is 5.97 Å². The molecule has 0 aliphatic carbocycles. The zero-order valence-electron chi connectivity index (χ0n) is 15.7. The van der Waals surface area contributed by atoms with Crippen molar-refractivity contribution in [3.05, 3.63) is 69.8 Å². The van der Waals surface area contributed by atoms with Gasteiger partial charge in [-0.1, -0.05) is 29.3 Å². The maximum Gasteiger partial charge on any atom is 0.337 e. The summed E-state index contributed by atoms with van der Waals surface area (Å²) < 4.78 is 0. The second kappa shape index (κ2) is 8.03. The summed E-state index contributed by atoms with van der Waals surface area (Å²) in [5.41, 5.74) is 4.25. The molecule has 0 radical (unpaired) electrons. The fourth-order valence-corrected chi connectivity index (χ4v) is 3.84. The summed E-state index contributed by atoms with van der Waals surface area (Å²) in [6.07, 6.45) is 4.90. The third kappa shape index (κ3) is 4.08. The summed E-state index contributed by atoms with van der Waals surface area (Å²) >= 11 is 12.3. The SMILES string of the molecule is CN1CC=C(c2cnc3ccc(Cl)cc3c2Nc2ccc(Cl)cc2C(=O)O)CC1. The number of hydrogen-bond donors (Lipinski definition) is 2. The highest BCUT2D eigenvalue weighted by molar-refractivity contribution is 6.31. The predicted octanol–water partition coefficient (Wildman–Crippen LogP) is 5.70. The van der Waals surface area contributed by atoms with E-state index in [0.29, 0.717) is 15.7 Å². The van der Waals surface area contributed by atoms with Crippen LogP contribution in [-0.2, 0) is 0 Å². The van der Waals surface area contributed by atoms with Gasteiger partial charge >= 0.3 is 5.97 Å². The van der Waals surface area contributed by atoms with Crippen molar-refractivity contribution in [1.29, 1.82) is 0 Å². The quantitative estimate of drug-likeness (QED) is 0.558. The minimum atomic E-state index is -1.05. The predicted molar refractivity (Wildman–Crippen MR) is 119 cm³/mol. The van der Waals surface area contributed by atoms with Crippen molar-refractivity contribution >= 4 is 57.0 Å². The molecule has 4 rings (SSSR count). The van der Waals surface area contributed by atoms with Gasteiger partial charge in [0.15, 0.2) is 0 Å². The molecule has 2 aromatic carbocycles. The summed E-state index contributed by atoms with van der Waals surface area (Å²) in [5, 5.41) is 14.8. The maximum absolute atomic E-state index is 11.8. The van der Waals surface area contributed by atoms with E-state index in [9.17, 15) is 9.90 Å². The Hall–Kier alpha value is -2.60. The molecule has 1 aliphatic rings. The highest BCUT2D eigenvalue weighted by Crippen LogP contribution is 2.37. The van der Waals surface area contributed by atoms with Gasteiger partial charge in [0.2, 0.25) is 0 Å². The van der Waals surface area contributed by atoms with E-state index in [-0.39, 0.29) is 5.56 Å². The standard InChI is InChI=1S/C22H19Cl2N3O2/c1-27-8-6-13(7-9-27)18-12-25-19-4-2-14(23)10-16(19)21(18)26-20-5-3-15(24)11-17(20)22(28)29/h2-6,10-12H,7-9H2,1H3,(H,25,26)(H,28,29). The van der Waals surface area contributed by atoms with Crippen molar-refractivity contribution in [1.82, 2.24) is 9.88 Å². The number of carboxylic acid groups (broad SMARTS) is 1. The first-order valence-electron chi connectivity index (χ1n) is 9.18. The molecule has 7 heteroatoms. The van der Waals surface area contributed by atoms with Crippen molar-refractivity contribution in [2.45, 2.75) is 6.42 Å². The highest BCUT2D eigenvalue weighted by atomic mass is 35.5. The number of aromatic carboxylic acids is 1. The van der Waals surface area contributed by atoms with Crippen LogP contribution in [0.2, 0.25) is 10.0 Å². The van der Waals surface area contributed by atoms with Gasteiger partial charge in [-0.2, -0.15) is 0 Å². The average Bonchev–Trinajstić information content (AvgIpc) is 2.70. The molecule has 148 valence electrons. The molecule has 0 saturated carbocycles. The van der Waals surface area contributed by atoms with Crippen molar-refractivity contribution in [2.75, 3.05) is 25.5 Å². The molecule has 2 heterocycles. The van der Waals surface area contributed by atoms with Crippen LogP contribution in [0.4, 0.5) is 11.4 Å². The van der Waals surface area contributed by atoms with E-state index in [1.807, 2.05) is 18.3 Å². The van der Waals surface area contributed by atoms with Crippen LogP contribution >= 0.6 is 23.2 Å². The number of anilines is 2. The van der Waals surface area contributed by atoms with Gasteiger partial charge in [0.1, 0.15) is 0 Å². The Bertz CT molecular complexity index is 1140. The highest BCUT2D eigenvalue weighted by Gasteiger charge is 2.19. The van der Waals surface area contributed by atoms with Gasteiger partial charge in [-0.25, -0.2) is 4.79 Å². The minimum absolute atomic E-state index is 0.104. The topological polar surface area (TPSA) is 65.5 Å². The van der Waals surface area contributed by atoms with Crippen LogP contribution in [0, 0.1) is 0 Å². The second-order valence-corrected chi connectivity index (χ2v) is 7.94. The molecule has 0 bridgehead atoms. The van der Waals surface area contributed by atoms with Gasteiger partial charge in [-0.3, -0.25) is 4.98 Å². The van der Waals surface area contributed by atoms with Crippen molar-refractivity contribution in [2.24, 2.45) is 0 Å². The molecule has 0 atom stereocenters. The Balaban J connectivity index is 1.91. The minimum Gasteiger partial charge on any atom is -0.478 e. The van der Waals surface area contributed by atoms with Crippen molar-refractivity contribution < 1.29 is 9.90 Å². The summed E-state index contributed by atoms with van der Waals surface area (Å²) in [4.78, 5) is 18.6. The summed E-state index contributed by atoms with van der Waals surface area (Å²) in [6, 6.07) is 10.3. The molecular weight excluding hydrogens is 409 g/mol. The fraction of sp³-hybridized carbons (Fsp3) is 0.182. The number of fused-ring (bicyclic) bond motifs is 1. The molecule has 0 spiro atoms. The van der Waals surface area contributed by atoms with Crippen LogP contribution in [0.25, 0.3) is 16.5 Å². The lowest BCUT2D eigenvalue weighted by Gasteiger charge is -2.24. The number of carboxylic acids is 1. The number of likely N-dealkylation sites (N-methyl/N-ethyl adjacent to an activating group) is 1. The maximum atomic E-state index is 11.8. The van der Waals surface area contributed by atoms with Crippen LogP contribution in [0.1, 0.15) is 22.3 Å². The Kier molecular flexibility index (Phi) is 5.46. The van der Waals surface area contributed by atoms with Gasteiger partial charge in [0.25, 0.3) is 0 Å². The third-order valence-electron chi connectivity index (χ3n) is 5.06. The Morgan fingerprint density at radius 2 is 1.93 bits per heavy atom. The van der Waals surface area contributed by atoms with E-state index in [2.05, 4.69) is 28.3 Å². The van der Waals surface area contributed by atoms with Gasteiger partial charge in [-0.15, -0.1) is 0 Å². The molecule has 5 nitrogen and oxygen atoms in total. The van der Waals surface area contributed by atoms with E-state index in [4.69, 9.17) is 23.2 Å². The first kappa shape index (κ1) is 19.7. The number of halogens is 2. The van der Waals surface area contributed by atoms with Crippen LogP contribution in [0.5, 0.6) is 0 Å². The Labute approximate surface area is 178 Å². The Morgan fingerprint density at radius 1 is 1.17 bits per heavy atom. The molecule has 0 fully saturated rings. The van der Waals surface area contributed by atoms with Gasteiger partial charge < -0.3 is 15.3 Å². The summed E-state index contributed by atoms with van der Waals surface area (Å²) in [7, 11) is 2.08. The molecule has 3 aromatic rings. The third-order valence-corrected chi connectivity index (χ3v) is 5.53. The molecule has 0 amide bonds. The largest absolute Gasteiger partial charge is 0.478 e. The number of benzene rings is 2. The normalized spacial score (nSPS) is 14.7. The number of aromatic nitrogens is 1. The van der Waals surface area contributed by atoms with E-state index in [1.54, 1.807) is 18.2 Å². The van der Waals surface area contributed by atoms with Crippen LogP contribution < -0.4 is 5.32 Å². The molecule has 2 N–H and O–H groups in total. The van der Waals surface area contributed by atoms with E-state index in [1.165, 1.54) is 11.6 Å². The number of pyridine rings is 1. The molecule has 0 saturated heterocycles. The van der Waals surface area contributed by atoms with Crippen LogP contribution in [0.3, 0.4) is 0 Å². The van der Waals surface area contributed by atoms with E-state index >= 15 is 0 Å². The lowest BCUT2D eigenvalue weighted by atomic mass is 9.97. The molecular formula is C22H19Cl2N3O2. The van der Waals surface area contributed by atoms with Gasteiger partial charge in [-0.05, 0) is 55.4 Å².